The van der Waals surface area contributed by atoms with Gasteiger partial charge >= 0.3 is 0 Å². The van der Waals surface area contributed by atoms with Crippen molar-refractivity contribution >= 4 is 10.0 Å². The van der Waals surface area contributed by atoms with Gasteiger partial charge in [0.25, 0.3) is 0 Å². The molecule has 1 aliphatic rings. The molecule has 0 unspecified atom stereocenters. The molecule has 0 aromatic carbocycles. The average molecular weight is 278 g/mol. The van der Waals surface area contributed by atoms with E-state index in [-0.39, 0.29) is 11.2 Å². The van der Waals surface area contributed by atoms with Gasteiger partial charge in [0.15, 0.2) is 0 Å². The molecule has 108 valence electrons. The van der Waals surface area contributed by atoms with Crippen molar-refractivity contribution in [3.8, 4) is 0 Å². The van der Waals surface area contributed by atoms with Gasteiger partial charge in [-0.3, -0.25) is 0 Å². The standard InChI is InChI=1S/C12H26N2O3S/c1-3-6-13-7-10-18(15,16)14-11-12(2)4-8-17-9-5-12/h13-14H,3-11H2,1-2H3. The molecule has 18 heavy (non-hydrogen) atoms. The van der Waals surface area contributed by atoms with Gasteiger partial charge in [-0.05, 0) is 31.2 Å². The van der Waals surface area contributed by atoms with E-state index in [1.807, 2.05) is 0 Å². The van der Waals surface area contributed by atoms with Crippen LogP contribution in [0.3, 0.4) is 0 Å². The first-order valence-electron chi connectivity index (χ1n) is 6.73. The van der Waals surface area contributed by atoms with Crippen LogP contribution in [0.15, 0.2) is 0 Å². The Labute approximate surface area is 111 Å². The van der Waals surface area contributed by atoms with Crippen LogP contribution in [0.4, 0.5) is 0 Å². The Bertz CT molecular complexity index is 324. The van der Waals surface area contributed by atoms with Crippen molar-refractivity contribution in [1.82, 2.24) is 10.0 Å². The number of hydrogen-bond donors (Lipinski definition) is 2. The minimum Gasteiger partial charge on any atom is -0.381 e. The number of nitrogens with one attached hydrogen (secondary N) is 2. The van der Waals surface area contributed by atoms with E-state index in [9.17, 15) is 8.42 Å². The first-order chi connectivity index (χ1) is 8.47. The summed E-state index contributed by atoms with van der Waals surface area (Å²) < 4.78 is 31.6. The van der Waals surface area contributed by atoms with Gasteiger partial charge in [-0.15, -0.1) is 0 Å². The summed E-state index contributed by atoms with van der Waals surface area (Å²) in [6.07, 6.45) is 2.86. The van der Waals surface area contributed by atoms with E-state index in [0.29, 0.717) is 13.1 Å². The fourth-order valence-corrected chi connectivity index (χ4v) is 3.03. The van der Waals surface area contributed by atoms with E-state index in [1.54, 1.807) is 0 Å². The van der Waals surface area contributed by atoms with Crippen LogP contribution in [0.2, 0.25) is 0 Å². The third kappa shape index (κ3) is 6.13. The molecule has 0 atom stereocenters. The summed E-state index contributed by atoms with van der Waals surface area (Å²) in [4.78, 5) is 0. The zero-order valence-corrected chi connectivity index (χ0v) is 12.3. The lowest BCUT2D eigenvalue weighted by molar-refractivity contribution is 0.0265. The topological polar surface area (TPSA) is 67.4 Å². The third-order valence-corrected chi connectivity index (χ3v) is 4.72. The van der Waals surface area contributed by atoms with Gasteiger partial charge in [0.1, 0.15) is 0 Å². The van der Waals surface area contributed by atoms with Gasteiger partial charge in [-0.1, -0.05) is 13.8 Å². The number of hydrogen-bond acceptors (Lipinski definition) is 4. The van der Waals surface area contributed by atoms with Gasteiger partial charge in [0, 0.05) is 26.3 Å². The first kappa shape index (κ1) is 15.9. The number of ether oxygens (including phenoxy) is 1. The molecule has 0 aromatic rings. The van der Waals surface area contributed by atoms with Crippen LogP contribution in [0.1, 0.15) is 33.1 Å². The first-order valence-corrected chi connectivity index (χ1v) is 8.38. The summed E-state index contributed by atoms with van der Waals surface area (Å²) in [7, 11) is -3.15. The summed E-state index contributed by atoms with van der Waals surface area (Å²) in [5.74, 6) is 0.152. The Morgan fingerprint density at radius 1 is 1.22 bits per heavy atom. The molecule has 1 rings (SSSR count). The second-order valence-corrected chi connectivity index (χ2v) is 7.24. The highest BCUT2D eigenvalue weighted by molar-refractivity contribution is 7.89. The SMILES string of the molecule is CCCNCCS(=O)(=O)NCC1(C)CCOCC1. The van der Waals surface area contributed by atoms with Crippen LogP contribution < -0.4 is 10.0 Å². The Kier molecular flexibility index (Phi) is 6.55. The van der Waals surface area contributed by atoms with E-state index in [1.165, 1.54) is 0 Å². The van der Waals surface area contributed by atoms with Crippen LogP contribution in [0.5, 0.6) is 0 Å². The van der Waals surface area contributed by atoms with Gasteiger partial charge in [0.05, 0.1) is 5.75 Å². The molecule has 5 nitrogen and oxygen atoms in total. The largest absolute Gasteiger partial charge is 0.381 e. The summed E-state index contributed by atoms with van der Waals surface area (Å²) in [5.41, 5.74) is 0.0438. The molecule has 0 amide bonds. The number of rotatable bonds is 8. The van der Waals surface area contributed by atoms with E-state index in [4.69, 9.17) is 4.74 Å². The minimum absolute atomic E-state index is 0.0438. The molecular formula is C12H26N2O3S. The average Bonchev–Trinajstić information content (AvgIpc) is 2.34. The molecule has 1 fully saturated rings. The quantitative estimate of drug-likeness (QED) is 0.642. The van der Waals surface area contributed by atoms with Gasteiger partial charge in [0.2, 0.25) is 10.0 Å². The van der Waals surface area contributed by atoms with Crippen LogP contribution in [0.25, 0.3) is 0 Å². The predicted molar refractivity (Wildman–Crippen MR) is 73.1 cm³/mol. The molecule has 0 saturated carbocycles. The Morgan fingerprint density at radius 3 is 2.50 bits per heavy atom. The van der Waals surface area contributed by atoms with Crippen LogP contribution in [-0.4, -0.2) is 47.0 Å². The van der Waals surface area contributed by atoms with Gasteiger partial charge in [-0.25, -0.2) is 13.1 Å². The molecule has 1 saturated heterocycles. The Hall–Kier alpha value is -0.170. The highest BCUT2D eigenvalue weighted by Gasteiger charge is 2.28. The van der Waals surface area contributed by atoms with Crippen LogP contribution in [0, 0.1) is 5.41 Å². The molecule has 0 aromatic heterocycles. The van der Waals surface area contributed by atoms with E-state index < -0.39 is 10.0 Å². The molecule has 0 radical (unpaired) electrons. The molecule has 1 heterocycles. The zero-order valence-electron chi connectivity index (χ0n) is 11.5. The predicted octanol–water partition coefficient (Wildman–Crippen LogP) is 0.722. The molecule has 1 aliphatic heterocycles. The summed E-state index contributed by atoms with van der Waals surface area (Å²) in [5, 5.41) is 3.10. The van der Waals surface area contributed by atoms with Crippen molar-refractivity contribution in [2.24, 2.45) is 5.41 Å². The highest BCUT2D eigenvalue weighted by atomic mass is 32.2. The van der Waals surface area contributed by atoms with Crippen molar-refractivity contribution in [2.45, 2.75) is 33.1 Å². The fraction of sp³-hybridized carbons (Fsp3) is 1.00. The van der Waals surface area contributed by atoms with Crippen molar-refractivity contribution in [2.75, 3.05) is 38.6 Å². The fourth-order valence-electron chi connectivity index (χ4n) is 1.91. The van der Waals surface area contributed by atoms with Gasteiger partial charge in [-0.2, -0.15) is 0 Å². The van der Waals surface area contributed by atoms with Crippen LogP contribution in [-0.2, 0) is 14.8 Å². The lowest BCUT2D eigenvalue weighted by Gasteiger charge is -2.33. The molecule has 0 bridgehead atoms. The van der Waals surface area contributed by atoms with E-state index >= 15 is 0 Å². The summed E-state index contributed by atoms with van der Waals surface area (Å²) in [6.45, 7) is 7.55. The highest BCUT2D eigenvalue weighted by Crippen LogP contribution is 2.28. The normalized spacial score (nSPS) is 19.9. The minimum atomic E-state index is -3.15. The second-order valence-electron chi connectivity index (χ2n) is 5.31. The zero-order chi connectivity index (χ0) is 13.5. The van der Waals surface area contributed by atoms with Crippen molar-refractivity contribution in [1.29, 1.82) is 0 Å². The number of sulfonamides is 1. The Morgan fingerprint density at radius 2 is 1.89 bits per heavy atom. The van der Waals surface area contributed by atoms with E-state index in [2.05, 4.69) is 23.9 Å². The monoisotopic (exact) mass is 278 g/mol. The second kappa shape index (κ2) is 7.43. The third-order valence-electron chi connectivity index (χ3n) is 3.39. The summed E-state index contributed by atoms with van der Waals surface area (Å²) in [6, 6.07) is 0. The Balaban J connectivity index is 2.27. The molecule has 0 spiro atoms. The molecule has 2 N–H and O–H groups in total. The summed E-state index contributed by atoms with van der Waals surface area (Å²) >= 11 is 0. The van der Waals surface area contributed by atoms with Crippen molar-refractivity contribution < 1.29 is 13.2 Å². The maximum absolute atomic E-state index is 11.8. The molecule has 0 aliphatic carbocycles. The van der Waals surface area contributed by atoms with E-state index in [0.717, 1.165) is 39.0 Å². The van der Waals surface area contributed by atoms with Crippen LogP contribution >= 0.6 is 0 Å². The van der Waals surface area contributed by atoms with Crippen molar-refractivity contribution in [3.05, 3.63) is 0 Å². The lowest BCUT2D eigenvalue weighted by Crippen LogP contribution is -2.41. The molecular weight excluding hydrogens is 252 g/mol. The lowest BCUT2D eigenvalue weighted by atomic mass is 9.83. The maximum atomic E-state index is 11.8. The maximum Gasteiger partial charge on any atom is 0.212 e. The van der Waals surface area contributed by atoms with Gasteiger partial charge < -0.3 is 10.1 Å². The molecule has 6 heteroatoms. The van der Waals surface area contributed by atoms with Crippen molar-refractivity contribution in [3.63, 3.8) is 0 Å². The smallest absolute Gasteiger partial charge is 0.212 e.